The van der Waals surface area contributed by atoms with Crippen LogP contribution in [0.4, 0.5) is 4.79 Å². The summed E-state index contributed by atoms with van der Waals surface area (Å²) in [4.78, 5) is 27.5. The van der Waals surface area contributed by atoms with E-state index in [0.29, 0.717) is 27.6 Å². The maximum absolute atomic E-state index is 13.2. The highest BCUT2D eigenvalue weighted by molar-refractivity contribution is 8.18. The first-order valence-corrected chi connectivity index (χ1v) is 12.2. The molecule has 0 spiro atoms. The summed E-state index contributed by atoms with van der Waals surface area (Å²) in [6, 6.07) is 24.9. The molecule has 7 heteroatoms. The molecule has 1 aliphatic rings. The van der Waals surface area contributed by atoms with Crippen molar-refractivity contribution in [2.45, 2.75) is 20.0 Å². The van der Waals surface area contributed by atoms with Gasteiger partial charge in [0.1, 0.15) is 0 Å². The third-order valence-electron chi connectivity index (χ3n) is 6.15. The third kappa shape index (κ3) is 4.37. The van der Waals surface area contributed by atoms with E-state index in [2.05, 4.69) is 16.7 Å². The molecule has 1 saturated heterocycles. The molecule has 2 amide bonds. The Labute approximate surface area is 212 Å². The number of nitriles is 1. The van der Waals surface area contributed by atoms with E-state index in [4.69, 9.17) is 11.6 Å². The van der Waals surface area contributed by atoms with Gasteiger partial charge in [-0.1, -0.05) is 60.1 Å². The van der Waals surface area contributed by atoms with Crippen molar-refractivity contribution in [3.8, 4) is 6.07 Å². The van der Waals surface area contributed by atoms with E-state index in [1.807, 2.05) is 55.5 Å². The summed E-state index contributed by atoms with van der Waals surface area (Å²) in [5, 5.41) is 10.7. The summed E-state index contributed by atoms with van der Waals surface area (Å²) < 4.78 is 2.21. The van der Waals surface area contributed by atoms with Gasteiger partial charge >= 0.3 is 0 Å². The highest BCUT2D eigenvalue weighted by Crippen LogP contribution is 2.36. The zero-order chi connectivity index (χ0) is 24.5. The van der Waals surface area contributed by atoms with Gasteiger partial charge in [0.05, 0.1) is 23.1 Å². The second-order valence-electron chi connectivity index (χ2n) is 8.27. The average Bonchev–Trinajstić information content (AvgIpc) is 3.29. The van der Waals surface area contributed by atoms with E-state index >= 15 is 0 Å². The molecular weight excluding hydrogens is 478 g/mol. The lowest BCUT2D eigenvalue weighted by atomic mass is 10.1. The quantitative estimate of drug-likeness (QED) is 0.286. The zero-order valence-electron chi connectivity index (χ0n) is 18.9. The number of rotatable bonds is 5. The van der Waals surface area contributed by atoms with Crippen LogP contribution in [0, 0.1) is 18.3 Å². The summed E-state index contributed by atoms with van der Waals surface area (Å²) in [5.74, 6) is -0.346. The van der Waals surface area contributed by atoms with Crippen LogP contribution in [-0.2, 0) is 17.9 Å². The van der Waals surface area contributed by atoms with Crippen molar-refractivity contribution < 1.29 is 9.59 Å². The van der Waals surface area contributed by atoms with E-state index in [-0.39, 0.29) is 17.7 Å². The second kappa shape index (κ2) is 9.46. The molecule has 4 aromatic rings. The molecule has 0 radical (unpaired) electrons. The van der Waals surface area contributed by atoms with Gasteiger partial charge in [-0.25, -0.2) is 0 Å². The number of halogens is 1. The third-order valence-corrected chi connectivity index (χ3v) is 7.31. The number of amides is 2. The topological polar surface area (TPSA) is 66.1 Å². The fourth-order valence-electron chi connectivity index (χ4n) is 4.32. The first-order valence-electron chi connectivity index (χ1n) is 11.0. The van der Waals surface area contributed by atoms with Crippen molar-refractivity contribution in [3.63, 3.8) is 0 Å². The average molecular weight is 498 g/mol. The molecule has 1 aromatic heterocycles. The normalized spacial score (nSPS) is 14.8. The fraction of sp³-hybridized carbons (Fsp3) is 0.107. The molecular formula is C28H20ClN3O2S. The maximum atomic E-state index is 13.2. The van der Waals surface area contributed by atoms with Crippen LogP contribution in [0.25, 0.3) is 17.0 Å². The minimum atomic E-state index is -0.346. The largest absolute Gasteiger partial charge is 0.340 e. The number of hydrogen-bond acceptors (Lipinski definition) is 4. The van der Waals surface area contributed by atoms with Crippen LogP contribution in [0.1, 0.15) is 27.9 Å². The Balaban J connectivity index is 1.51. The van der Waals surface area contributed by atoms with Crippen molar-refractivity contribution in [3.05, 3.63) is 111 Å². The molecule has 0 bridgehead atoms. The molecule has 0 aliphatic carbocycles. The van der Waals surface area contributed by atoms with Gasteiger partial charge < -0.3 is 4.57 Å². The number of carbonyl (C=O) groups is 2. The van der Waals surface area contributed by atoms with Crippen molar-refractivity contribution in [2.75, 3.05) is 0 Å². The van der Waals surface area contributed by atoms with Crippen LogP contribution >= 0.6 is 23.4 Å². The van der Waals surface area contributed by atoms with Gasteiger partial charge in [0, 0.05) is 33.7 Å². The Morgan fingerprint density at radius 3 is 2.46 bits per heavy atom. The number of benzene rings is 3. The van der Waals surface area contributed by atoms with E-state index in [1.54, 1.807) is 24.3 Å². The standard InChI is InChI=1S/C28H20ClN3O2S/c1-18-24(23-8-4-5-9-25(23)31(18)16-19-10-12-22(29)13-11-19)14-26-27(33)32(28(34)35-26)17-21-7-3-2-6-20(21)15-30/h2-14H,16-17H2,1H3/b26-14+. The monoisotopic (exact) mass is 497 g/mol. The predicted molar refractivity (Wildman–Crippen MR) is 140 cm³/mol. The summed E-state index contributed by atoms with van der Waals surface area (Å²) >= 11 is 6.98. The van der Waals surface area contributed by atoms with Gasteiger partial charge in [-0.3, -0.25) is 14.5 Å². The Morgan fingerprint density at radius 1 is 0.971 bits per heavy atom. The Morgan fingerprint density at radius 2 is 1.69 bits per heavy atom. The van der Waals surface area contributed by atoms with Crippen molar-refractivity contribution in [1.29, 1.82) is 5.26 Å². The van der Waals surface area contributed by atoms with Crippen LogP contribution in [-0.4, -0.2) is 20.6 Å². The molecule has 1 fully saturated rings. The minimum Gasteiger partial charge on any atom is -0.340 e. The van der Waals surface area contributed by atoms with E-state index in [0.717, 1.165) is 39.5 Å². The number of nitrogens with zero attached hydrogens (tertiary/aromatic N) is 3. The molecule has 0 unspecified atom stereocenters. The summed E-state index contributed by atoms with van der Waals surface area (Å²) in [6.07, 6.45) is 1.82. The smallest absolute Gasteiger partial charge is 0.293 e. The minimum absolute atomic E-state index is 0.0725. The number of para-hydroxylation sites is 1. The predicted octanol–water partition coefficient (Wildman–Crippen LogP) is 6.76. The Hall–Kier alpha value is -3.79. The lowest BCUT2D eigenvalue weighted by molar-refractivity contribution is -0.123. The second-order valence-corrected chi connectivity index (χ2v) is 9.70. The number of carbonyl (C=O) groups excluding carboxylic acids is 2. The van der Waals surface area contributed by atoms with Crippen molar-refractivity contribution in [1.82, 2.24) is 9.47 Å². The Kier molecular flexibility index (Phi) is 6.21. The number of thioether (sulfide) groups is 1. The summed E-state index contributed by atoms with van der Waals surface area (Å²) in [6.45, 7) is 2.75. The SMILES string of the molecule is Cc1c(/C=C2/SC(=O)N(Cc3ccccc3C#N)C2=O)c2ccccc2n1Cc1ccc(Cl)cc1. The van der Waals surface area contributed by atoms with Gasteiger partial charge in [-0.2, -0.15) is 5.26 Å². The van der Waals surface area contributed by atoms with Crippen molar-refractivity contribution in [2.24, 2.45) is 0 Å². The molecule has 3 aromatic carbocycles. The zero-order valence-corrected chi connectivity index (χ0v) is 20.4. The van der Waals surface area contributed by atoms with Gasteiger partial charge in [0.2, 0.25) is 0 Å². The number of hydrogen-bond donors (Lipinski definition) is 0. The first-order chi connectivity index (χ1) is 17.0. The van der Waals surface area contributed by atoms with Crippen LogP contribution in [0.5, 0.6) is 0 Å². The van der Waals surface area contributed by atoms with Gasteiger partial charge in [0.25, 0.3) is 11.1 Å². The van der Waals surface area contributed by atoms with Crippen LogP contribution in [0.3, 0.4) is 0 Å². The molecule has 0 N–H and O–H groups in total. The molecule has 172 valence electrons. The van der Waals surface area contributed by atoms with Crippen molar-refractivity contribution >= 4 is 51.5 Å². The van der Waals surface area contributed by atoms with E-state index in [1.165, 1.54) is 4.90 Å². The number of fused-ring (bicyclic) bond motifs is 1. The van der Waals surface area contributed by atoms with E-state index < -0.39 is 0 Å². The molecule has 5 nitrogen and oxygen atoms in total. The molecule has 35 heavy (non-hydrogen) atoms. The highest BCUT2D eigenvalue weighted by Gasteiger charge is 2.35. The molecule has 2 heterocycles. The Bertz CT molecular complexity index is 1550. The van der Waals surface area contributed by atoms with Crippen LogP contribution in [0.2, 0.25) is 5.02 Å². The molecule has 1 aliphatic heterocycles. The summed E-state index contributed by atoms with van der Waals surface area (Å²) in [5.41, 5.74) is 5.18. The molecule has 0 saturated carbocycles. The first kappa shape index (κ1) is 23.0. The number of aromatic nitrogens is 1. The van der Waals surface area contributed by atoms with E-state index in [9.17, 15) is 14.9 Å². The highest BCUT2D eigenvalue weighted by atomic mass is 35.5. The van der Waals surface area contributed by atoms with Gasteiger partial charge in [-0.15, -0.1) is 0 Å². The lowest BCUT2D eigenvalue weighted by Crippen LogP contribution is -2.27. The number of imide groups is 1. The lowest BCUT2D eigenvalue weighted by Gasteiger charge is -2.13. The fourth-order valence-corrected chi connectivity index (χ4v) is 5.27. The maximum Gasteiger partial charge on any atom is 0.293 e. The molecule has 5 rings (SSSR count). The van der Waals surface area contributed by atoms with Gasteiger partial charge in [-0.05, 0) is 60.2 Å². The van der Waals surface area contributed by atoms with Crippen LogP contribution in [0.15, 0.2) is 77.7 Å². The van der Waals surface area contributed by atoms with Crippen LogP contribution < -0.4 is 0 Å². The van der Waals surface area contributed by atoms with Gasteiger partial charge in [0.15, 0.2) is 0 Å². The molecule has 0 atom stereocenters. The summed E-state index contributed by atoms with van der Waals surface area (Å²) in [7, 11) is 0.